The van der Waals surface area contributed by atoms with Gasteiger partial charge in [-0.15, -0.1) is 0 Å². The van der Waals surface area contributed by atoms with Crippen LogP contribution in [0.4, 0.5) is 4.39 Å². The van der Waals surface area contributed by atoms with Crippen LogP contribution in [0, 0.1) is 5.82 Å². The summed E-state index contributed by atoms with van der Waals surface area (Å²) < 4.78 is 13.7. The van der Waals surface area contributed by atoms with Crippen LogP contribution in [0.2, 0.25) is 0 Å². The first kappa shape index (κ1) is 16.7. The van der Waals surface area contributed by atoms with Crippen LogP contribution in [-0.2, 0) is 0 Å². The molecule has 4 rings (SSSR count). The van der Waals surface area contributed by atoms with Gasteiger partial charge in [0.15, 0.2) is 0 Å². The zero-order valence-corrected chi connectivity index (χ0v) is 14.5. The SMILES string of the molecule is O=C(NC1CCC(c2ccccc2)CC1)c1cnc2c(F)cccc2c1. The number of hydrogen-bond acceptors (Lipinski definition) is 2. The number of aromatic nitrogens is 1. The highest BCUT2D eigenvalue weighted by Crippen LogP contribution is 2.32. The lowest BCUT2D eigenvalue weighted by Crippen LogP contribution is -2.37. The summed E-state index contributed by atoms with van der Waals surface area (Å²) in [5, 5.41) is 3.76. The molecule has 2 aromatic carbocycles. The van der Waals surface area contributed by atoms with Crippen LogP contribution in [0.3, 0.4) is 0 Å². The number of amides is 1. The van der Waals surface area contributed by atoms with Gasteiger partial charge in [0, 0.05) is 17.6 Å². The molecule has 132 valence electrons. The summed E-state index contributed by atoms with van der Waals surface area (Å²) in [5.74, 6) is 0.0789. The number of carbonyl (C=O) groups excluding carboxylic acids is 1. The van der Waals surface area contributed by atoms with E-state index in [0.717, 1.165) is 25.7 Å². The fraction of sp³-hybridized carbons (Fsp3) is 0.273. The van der Waals surface area contributed by atoms with Crippen molar-refractivity contribution in [3.8, 4) is 0 Å². The van der Waals surface area contributed by atoms with E-state index in [0.29, 0.717) is 22.4 Å². The number of nitrogens with zero attached hydrogens (tertiary/aromatic N) is 1. The van der Waals surface area contributed by atoms with Crippen molar-refractivity contribution < 1.29 is 9.18 Å². The van der Waals surface area contributed by atoms with Crippen molar-refractivity contribution in [1.82, 2.24) is 10.3 Å². The average Bonchev–Trinajstić information content (AvgIpc) is 2.69. The Morgan fingerprint density at radius 2 is 1.77 bits per heavy atom. The van der Waals surface area contributed by atoms with Gasteiger partial charge in [-0.2, -0.15) is 0 Å². The van der Waals surface area contributed by atoms with Gasteiger partial charge in [-0.05, 0) is 49.3 Å². The molecule has 0 spiro atoms. The molecule has 0 unspecified atom stereocenters. The highest BCUT2D eigenvalue weighted by Gasteiger charge is 2.23. The molecule has 3 nitrogen and oxygen atoms in total. The summed E-state index contributed by atoms with van der Waals surface area (Å²) in [6.45, 7) is 0. The molecule has 26 heavy (non-hydrogen) atoms. The maximum absolute atomic E-state index is 13.7. The van der Waals surface area contributed by atoms with E-state index < -0.39 is 0 Å². The molecule has 0 radical (unpaired) electrons. The zero-order chi connectivity index (χ0) is 17.9. The Balaban J connectivity index is 1.40. The van der Waals surface area contributed by atoms with Gasteiger partial charge in [0.05, 0.1) is 5.56 Å². The lowest BCUT2D eigenvalue weighted by Gasteiger charge is -2.29. The molecule has 3 aromatic rings. The van der Waals surface area contributed by atoms with Crippen molar-refractivity contribution in [3.63, 3.8) is 0 Å². The van der Waals surface area contributed by atoms with E-state index in [1.165, 1.54) is 17.8 Å². The molecule has 1 aliphatic rings. The number of benzene rings is 2. The summed E-state index contributed by atoms with van der Waals surface area (Å²) in [5.41, 5.74) is 2.17. The van der Waals surface area contributed by atoms with Crippen LogP contribution in [0.1, 0.15) is 47.5 Å². The molecule has 1 N–H and O–H groups in total. The monoisotopic (exact) mass is 348 g/mol. The molecule has 1 heterocycles. The van der Waals surface area contributed by atoms with Gasteiger partial charge < -0.3 is 5.32 Å². The maximum Gasteiger partial charge on any atom is 0.253 e. The molecule has 0 aliphatic heterocycles. The predicted molar refractivity (Wildman–Crippen MR) is 101 cm³/mol. The van der Waals surface area contributed by atoms with E-state index in [1.54, 1.807) is 18.2 Å². The standard InChI is InChI=1S/C22H21FN2O/c23-20-8-4-7-17-13-18(14-24-21(17)20)22(26)25-19-11-9-16(10-12-19)15-5-2-1-3-6-15/h1-8,13-14,16,19H,9-12H2,(H,25,26). The second-order valence-electron chi connectivity index (χ2n) is 6.97. The Morgan fingerprint density at radius 3 is 2.54 bits per heavy atom. The first-order chi connectivity index (χ1) is 12.7. The summed E-state index contributed by atoms with van der Waals surface area (Å²) in [6, 6.07) is 17.2. The first-order valence-corrected chi connectivity index (χ1v) is 9.11. The molecular weight excluding hydrogens is 327 g/mol. The molecule has 1 fully saturated rings. The third-order valence-corrected chi connectivity index (χ3v) is 5.26. The van der Waals surface area contributed by atoms with Crippen molar-refractivity contribution in [2.75, 3.05) is 0 Å². The molecule has 0 atom stereocenters. The Morgan fingerprint density at radius 1 is 1.00 bits per heavy atom. The highest BCUT2D eigenvalue weighted by atomic mass is 19.1. The predicted octanol–water partition coefficient (Wildman–Crippen LogP) is 4.83. The van der Waals surface area contributed by atoms with Crippen LogP contribution in [0.15, 0.2) is 60.8 Å². The van der Waals surface area contributed by atoms with Crippen molar-refractivity contribution in [2.45, 2.75) is 37.6 Å². The van der Waals surface area contributed by atoms with E-state index in [-0.39, 0.29) is 17.8 Å². The number of halogens is 1. The van der Waals surface area contributed by atoms with Crippen LogP contribution < -0.4 is 5.32 Å². The quantitative estimate of drug-likeness (QED) is 0.736. The van der Waals surface area contributed by atoms with Gasteiger partial charge in [-0.1, -0.05) is 42.5 Å². The lowest BCUT2D eigenvalue weighted by molar-refractivity contribution is 0.0925. The number of rotatable bonds is 3. The molecule has 0 bridgehead atoms. The van der Waals surface area contributed by atoms with Gasteiger partial charge in [-0.25, -0.2) is 4.39 Å². The minimum atomic E-state index is -0.367. The molecule has 0 saturated heterocycles. The third kappa shape index (κ3) is 3.45. The van der Waals surface area contributed by atoms with Crippen molar-refractivity contribution in [3.05, 3.63) is 77.7 Å². The smallest absolute Gasteiger partial charge is 0.253 e. The second kappa shape index (κ2) is 7.24. The van der Waals surface area contributed by atoms with Gasteiger partial charge >= 0.3 is 0 Å². The van der Waals surface area contributed by atoms with Crippen LogP contribution in [-0.4, -0.2) is 16.9 Å². The Labute approximate surface area is 152 Å². The summed E-state index contributed by atoms with van der Waals surface area (Å²) in [7, 11) is 0. The van der Waals surface area contributed by atoms with Crippen LogP contribution in [0.25, 0.3) is 10.9 Å². The summed E-state index contributed by atoms with van der Waals surface area (Å²) in [4.78, 5) is 16.7. The number of carbonyl (C=O) groups is 1. The molecular formula is C22H21FN2O. The third-order valence-electron chi connectivity index (χ3n) is 5.26. The van der Waals surface area contributed by atoms with Gasteiger partial charge in [0.2, 0.25) is 0 Å². The molecule has 1 amide bonds. The normalized spacial score (nSPS) is 20.0. The van der Waals surface area contributed by atoms with Gasteiger partial charge in [-0.3, -0.25) is 9.78 Å². The van der Waals surface area contributed by atoms with E-state index in [4.69, 9.17) is 0 Å². The highest BCUT2D eigenvalue weighted by molar-refractivity contribution is 5.97. The molecule has 1 aliphatic carbocycles. The summed E-state index contributed by atoms with van der Waals surface area (Å²) in [6.07, 6.45) is 5.56. The average molecular weight is 348 g/mol. The number of hydrogen-bond donors (Lipinski definition) is 1. The zero-order valence-electron chi connectivity index (χ0n) is 14.5. The molecule has 1 aromatic heterocycles. The van der Waals surface area contributed by atoms with Crippen molar-refractivity contribution in [2.24, 2.45) is 0 Å². The van der Waals surface area contributed by atoms with E-state index in [1.807, 2.05) is 6.07 Å². The van der Waals surface area contributed by atoms with Gasteiger partial charge in [0.25, 0.3) is 5.91 Å². The molecule has 1 saturated carbocycles. The Kier molecular flexibility index (Phi) is 4.65. The number of para-hydroxylation sites is 1. The largest absolute Gasteiger partial charge is 0.349 e. The van der Waals surface area contributed by atoms with E-state index in [9.17, 15) is 9.18 Å². The second-order valence-corrected chi connectivity index (χ2v) is 6.97. The van der Waals surface area contributed by atoms with Crippen LogP contribution >= 0.6 is 0 Å². The number of pyridine rings is 1. The van der Waals surface area contributed by atoms with Crippen molar-refractivity contribution >= 4 is 16.8 Å². The number of fused-ring (bicyclic) bond motifs is 1. The van der Waals surface area contributed by atoms with Gasteiger partial charge in [0.1, 0.15) is 11.3 Å². The fourth-order valence-corrected chi connectivity index (χ4v) is 3.81. The molecule has 4 heteroatoms. The lowest BCUT2D eigenvalue weighted by atomic mass is 9.82. The Bertz CT molecular complexity index is 918. The van der Waals surface area contributed by atoms with Crippen LogP contribution in [0.5, 0.6) is 0 Å². The minimum Gasteiger partial charge on any atom is -0.349 e. The fourth-order valence-electron chi connectivity index (χ4n) is 3.81. The maximum atomic E-state index is 13.7. The number of nitrogens with one attached hydrogen (secondary N) is 1. The van der Waals surface area contributed by atoms with E-state index in [2.05, 4.69) is 34.6 Å². The van der Waals surface area contributed by atoms with Crippen molar-refractivity contribution in [1.29, 1.82) is 0 Å². The minimum absolute atomic E-state index is 0.133. The summed E-state index contributed by atoms with van der Waals surface area (Å²) >= 11 is 0. The van der Waals surface area contributed by atoms with E-state index >= 15 is 0 Å². The topological polar surface area (TPSA) is 42.0 Å². The first-order valence-electron chi connectivity index (χ1n) is 9.11. The Hall–Kier alpha value is -2.75.